The monoisotopic (exact) mass is 340 g/mol. The van der Waals surface area contributed by atoms with Gasteiger partial charge >= 0.3 is 0 Å². The molecule has 1 fully saturated rings. The van der Waals surface area contributed by atoms with Crippen molar-refractivity contribution < 1.29 is 9.53 Å². The second-order valence-corrected chi connectivity index (χ2v) is 6.88. The molecule has 0 radical (unpaired) electrons. The molecule has 4 atom stereocenters. The maximum Gasteiger partial charge on any atom is 0.225 e. The number of rotatable bonds is 6. The topological polar surface area (TPSA) is 50.4 Å². The van der Waals surface area contributed by atoms with E-state index in [9.17, 15) is 4.79 Å². The quantitative estimate of drug-likeness (QED) is 0.837. The van der Waals surface area contributed by atoms with Gasteiger partial charge in [-0.05, 0) is 30.5 Å². The zero-order valence-electron chi connectivity index (χ0n) is 15.1. The number of benzene rings is 1. The predicted molar refractivity (Wildman–Crippen MR) is 101 cm³/mol. The maximum atomic E-state index is 12.9. The SMILES string of the molecule is CC[C@H](NC(=O)[C@@H]1CNC[C@H]1c1ccc(OC)cc1)C1C=CC=CC1. The van der Waals surface area contributed by atoms with Crippen LogP contribution in [0.15, 0.2) is 48.6 Å². The lowest BCUT2D eigenvalue weighted by Crippen LogP contribution is -2.44. The average molecular weight is 340 g/mol. The highest BCUT2D eigenvalue weighted by atomic mass is 16.5. The van der Waals surface area contributed by atoms with Gasteiger partial charge in [0, 0.05) is 31.0 Å². The molecular formula is C21H28N2O2. The summed E-state index contributed by atoms with van der Waals surface area (Å²) in [6.07, 6.45) is 10.5. The van der Waals surface area contributed by atoms with Crippen molar-refractivity contribution in [1.29, 1.82) is 0 Å². The van der Waals surface area contributed by atoms with Crippen molar-refractivity contribution in [2.45, 2.75) is 31.7 Å². The van der Waals surface area contributed by atoms with E-state index >= 15 is 0 Å². The van der Waals surface area contributed by atoms with Crippen molar-refractivity contribution in [2.75, 3.05) is 20.2 Å². The van der Waals surface area contributed by atoms with Crippen LogP contribution in [0.3, 0.4) is 0 Å². The maximum absolute atomic E-state index is 12.9. The highest BCUT2D eigenvalue weighted by molar-refractivity contribution is 5.81. The van der Waals surface area contributed by atoms with E-state index in [0.29, 0.717) is 5.92 Å². The number of allylic oxidation sites excluding steroid dienone is 3. The molecule has 1 amide bonds. The molecule has 1 unspecified atom stereocenters. The first-order valence-corrected chi connectivity index (χ1v) is 9.21. The zero-order chi connectivity index (χ0) is 17.6. The van der Waals surface area contributed by atoms with Gasteiger partial charge in [0.1, 0.15) is 5.75 Å². The van der Waals surface area contributed by atoms with Gasteiger partial charge in [0.15, 0.2) is 0 Å². The molecule has 0 spiro atoms. The van der Waals surface area contributed by atoms with Crippen LogP contribution >= 0.6 is 0 Å². The molecule has 4 nitrogen and oxygen atoms in total. The second kappa shape index (κ2) is 8.34. The Kier molecular flexibility index (Phi) is 5.92. The Bertz CT molecular complexity index is 636. The van der Waals surface area contributed by atoms with Crippen LogP contribution in [0.2, 0.25) is 0 Å². The normalized spacial score (nSPS) is 26.4. The highest BCUT2D eigenvalue weighted by Gasteiger charge is 2.35. The van der Waals surface area contributed by atoms with Gasteiger partial charge in [0.25, 0.3) is 0 Å². The minimum atomic E-state index is -0.0226. The molecular weight excluding hydrogens is 312 g/mol. The Morgan fingerprint density at radius 1 is 1.28 bits per heavy atom. The molecule has 134 valence electrons. The molecule has 0 bridgehead atoms. The second-order valence-electron chi connectivity index (χ2n) is 6.88. The van der Waals surface area contributed by atoms with Crippen molar-refractivity contribution in [3.8, 4) is 5.75 Å². The number of carbonyl (C=O) groups is 1. The molecule has 1 aromatic rings. The molecule has 3 rings (SSSR count). The van der Waals surface area contributed by atoms with Gasteiger partial charge in [0.2, 0.25) is 5.91 Å². The third-order valence-corrected chi connectivity index (χ3v) is 5.39. The summed E-state index contributed by atoms with van der Waals surface area (Å²) in [5.41, 5.74) is 1.19. The molecule has 1 aliphatic carbocycles. The summed E-state index contributed by atoms with van der Waals surface area (Å²) in [4.78, 5) is 12.9. The van der Waals surface area contributed by atoms with Crippen LogP contribution in [0.5, 0.6) is 5.75 Å². The largest absolute Gasteiger partial charge is 0.497 e. The fourth-order valence-corrected chi connectivity index (χ4v) is 3.86. The van der Waals surface area contributed by atoms with Crippen molar-refractivity contribution >= 4 is 5.91 Å². The lowest BCUT2D eigenvalue weighted by molar-refractivity contribution is -0.125. The number of hydrogen-bond acceptors (Lipinski definition) is 3. The van der Waals surface area contributed by atoms with Crippen LogP contribution in [0.25, 0.3) is 0 Å². The number of methoxy groups -OCH3 is 1. The third kappa shape index (κ3) is 4.13. The van der Waals surface area contributed by atoms with E-state index in [2.05, 4.69) is 54.0 Å². The van der Waals surface area contributed by atoms with E-state index in [1.165, 1.54) is 5.56 Å². The first-order chi connectivity index (χ1) is 12.2. The molecule has 1 aliphatic heterocycles. The van der Waals surface area contributed by atoms with Gasteiger partial charge in [-0.3, -0.25) is 4.79 Å². The summed E-state index contributed by atoms with van der Waals surface area (Å²) in [5, 5.41) is 6.70. The Balaban J connectivity index is 1.67. The number of carbonyl (C=O) groups excluding carboxylic acids is 1. The molecule has 1 heterocycles. The minimum absolute atomic E-state index is 0.0226. The van der Waals surface area contributed by atoms with Crippen LogP contribution in [-0.4, -0.2) is 32.1 Å². The van der Waals surface area contributed by atoms with Crippen molar-refractivity contribution in [3.63, 3.8) is 0 Å². The van der Waals surface area contributed by atoms with Gasteiger partial charge in [0.05, 0.1) is 13.0 Å². The Morgan fingerprint density at radius 2 is 2.08 bits per heavy atom. The highest BCUT2D eigenvalue weighted by Crippen LogP contribution is 2.30. The van der Waals surface area contributed by atoms with Crippen molar-refractivity contribution in [2.24, 2.45) is 11.8 Å². The molecule has 4 heteroatoms. The molecule has 2 aliphatic rings. The van der Waals surface area contributed by atoms with Crippen LogP contribution in [-0.2, 0) is 4.79 Å². The van der Waals surface area contributed by atoms with Gasteiger partial charge in [-0.1, -0.05) is 43.4 Å². The van der Waals surface area contributed by atoms with E-state index < -0.39 is 0 Å². The van der Waals surface area contributed by atoms with Gasteiger partial charge in [-0.2, -0.15) is 0 Å². The third-order valence-electron chi connectivity index (χ3n) is 5.39. The first kappa shape index (κ1) is 17.7. The summed E-state index contributed by atoms with van der Waals surface area (Å²) in [7, 11) is 1.67. The molecule has 2 N–H and O–H groups in total. The van der Waals surface area contributed by atoms with Gasteiger partial charge in [-0.15, -0.1) is 0 Å². The Morgan fingerprint density at radius 3 is 2.72 bits per heavy atom. The van der Waals surface area contributed by atoms with E-state index in [1.54, 1.807) is 7.11 Å². The Hall–Kier alpha value is -2.07. The molecule has 0 aromatic heterocycles. The smallest absolute Gasteiger partial charge is 0.225 e. The Labute approximate surface area is 150 Å². The standard InChI is InChI=1S/C21H28N2O2/c1-3-20(16-7-5-4-6-8-16)23-21(24)19-14-22-13-18(19)15-9-11-17(25-2)12-10-15/h4-7,9-12,16,18-20,22H,3,8,13-14H2,1-2H3,(H,23,24)/t16?,18-,19+,20-/m0/s1. The summed E-state index contributed by atoms with van der Waals surface area (Å²) in [6, 6.07) is 8.28. The summed E-state index contributed by atoms with van der Waals surface area (Å²) in [5.74, 6) is 1.60. The summed E-state index contributed by atoms with van der Waals surface area (Å²) in [6.45, 7) is 3.72. The van der Waals surface area contributed by atoms with E-state index in [1.807, 2.05) is 12.1 Å². The molecule has 1 saturated heterocycles. The molecule has 25 heavy (non-hydrogen) atoms. The lowest BCUT2D eigenvalue weighted by Gasteiger charge is -2.28. The number of hydrogen-bond donors (Lipinski definition) is 2. The minimum Gasteiger partial charge on any atom is -0.497 e. The average Bonchev–Trinajstić information content (AvgIpc) is 3.16. The van der Waals surface area contributed by atoms with E-state index in [4.69, 9.17) is 4.74 Å². The van der Waals surface area contributed by atoms with Gasteiger partial charge < -0.3 is 15.4 Å². The van der Waals surface area contributed by atoms with Crippen LogP contribution in [0.1, 0.15) is 31.2 Å². The lowest BCUT2D eigenvalue weighted by atomic mass is 9.86. The zero-order valence-corrected chi connectivity index (χ0v) is 15.1. The molecule has 0 saturated carbocycles. The number of ether oxygens (including phenoxy) is 1. The summed E-state index contributed by atoms with van der Waals surface area (Å²) >= 11 is 0. The van der Waals surface area contributed by atoms with Crippen LogP contribution in [0, 0.1) is 11.8 Å². The van der Waals surface area contributed by atoms with E-state index in [-0.39, 0.29) is 23.8 Å². The van der Waals surface area contributed by atoms with Crippen LogP contribution in [0.4, 0.5) is 0 Å². The van der Waals surface area contributed by atoms with E-state index in [0.717, 1.165) is 31.7 Å². The first-order valence-electron chi connectivity index (χ1n) is 9.21. The number of amides is 1. The number of nitrogens with one attached hydrogen (secondary N) is 2. The fourth-order valence-electron chi connectivity index (χ4n) is 3.86. The van der Waals surface area contributed by atoms with Gasteiger partial charge in [-0.25, -0.2) is 0 Å². The van der Waals surface area contributed by atoms with Crippen molar-refractivity contribution in [3.05, 3.63) is 54.1 Å². The summed E-state index contributed by atoms with van der Waals surface area (Å²) < 4.78 is 5.23. The molecule has 1 aromatic carbocycles. The van der Waals surface area contributed by atoms with Crippen LogP contribution < -0.4 is 15.4 Å². The predicted octanol–water partition coefficient (Wildman–Crippen LogP) is 3.03. The fraction of sp³-hybridized carbons (Fsp3) is 0.476. The van der Waals surface area contributed by atoms with Crippen molar-refractivity contribution in [1.82, 2.24) is 10.6 Å².